The van der Waals surface area contributed by atoms with Crippen LogP contribution in [0.2, 0.25) is 0 Å². The molecule has 4 aromatic rings. The summed E-state index contributed by atoms with van der Waals surface area (Å²) in [6.07, 6.45) is -4.22. The molecule has 2 fully saturated rings. The number of benzene rings is 4. The molecule has 6 atom stereocenters. The van der Waals surface area contributed by atoms with Gasteiger partial charge in [-0.25, -0.2) is 0 Å². The Morgan fingerprint density at radius 3 is 2.02 bits per heavy atom. The zero-order valence-corrected chi connectivity index (χ0v) is 23.4. The number of hydrogen-bond acceptors (Lipinski definition) is 9. The van der Waals surface area contributed by atoms with E-state index in [1.54, 1.807) is 43.5 Å². The van der Waals surface area contributed by atoms with Gasteiger partial charge in [-0.05, 0) is 42.0 Å². The molecule has 2 heterocycles. The first-order valence-electron chi connectivity index (χ1n) is 13.9. The number of nitro groups is 1. The van der Waals surface area contributed by atoms with E-state index in [2.05, 4.69) is 0 Å². The van der Waals surface area contributed by atoms with Gasteiger partial charge in [0, 0.05) is 17.7 Å². The molecule has 6 rings (SSSR count). The SMILES string of the molecule is COc1ccc(OC2C(Oc3ccc([N+](=O)[O-])cc3)[C@@H](OCc3ccccc3)OC3COC(c4ccccc4)O[C@H]32)cc1. The maximum absolute atomic E-state index is 11.2. The minimum atomic E-state index is -0.889. The van der Waals surface area contributed by atoms with Crippen LogP contribution >= 0.6 is 0 Å². The topological polar surface area (TPSA) is 108 Å². The van der Waals surface area contributed by atoms with E-state index < -0.39 is 41.9 Å². The lowest BCUT2D eigenvalue weighted by molar-refractivity contribution is -0.384. The summed E-state index contributed by atoms with van der Waals surface area (Å²) in [6, 6.07) is 32.4. The summed E-state index contributed by atoms with van der Waals surface area (Å²) < 4.78 is 43.7. The number of hydrogen-bond donors (Lipinski definition) is 0. The average molecular weight is 586 g/mol. The largest absolute Gasteiger partial charge is 0.497 e. The summed E-state index contributed by atoms with van der Waals surface area (Å²) in [5.41, 5.74) is 1.77. The normalized spacial score (nSPS) is 24.9. The molecule has 10 nitrogen and oxygen atoms in total. The third-order valence-electron chi connectivity index (χ3n) is 7.26. The Labute approximate surface area is 248 Å². The lowest BCUT2D eigenvalue weighted by Gasteiger charge is -2.48. The van der Waals surface area contributed by atoms with Crippen molar-refractivity contribution in [2.75, 3.05) is 13.7 Å². The zero-order chi connectivity index (χ0) is 29.6. The number of nitro benzene ring substituents is 1. The van der Waals surface area contributed by atoms with Crippen molar-refractivity contribution >= 4 is 5.69 Å². The molecule has 0 aromatic heterocycles. The number of non-ortho nitro benzene ring substituents is 1. The van der Waals surface area contributed by atoms with Crippen LogP contribution < -0.4 is 14.2 Å². The highest BCUT2D eigenvalue weighted by Gasteiger charge is 2.53. The van der Waals surface area contributed by atoms with Gasteiger partial charge in [0.1, 0.15) is 29.5 Å². The molecule has 2 aliphatic rings. The third kappa shape index (κ3) is 6.79. The molecule has 4 aromatic carbocycles. The zero-order valence-electron chi connectivity index (χ0n) is 23.4. The Morgan fingerprint density at radius 2 is 1.37 bits per heavy atom. The average Bonchev–Trinajstić information content (AvgIpc) is 3.06. The van der Waals surface area contributed by atoms with E-state index in [0.29, 0.717) is 17.2 Å². The van der Waals surface area contributed by atoms with Gasteiger partial charge in [-0.2, -0.15) is 0 Å². The molecule has 10 heteroatoms. The minimum Gasteiger partial charge on any atom is -0.497 e. The predicted octanol–water partition coefficient (Wildman–Crippen LogP) is 5.85. The highest BCUT2D eigenvalue weighted by atomic mass is 16.8. The molecular formula is C33H31NO9. The van der Waals surface area contributed by atoms with Crippen LogP contribution in [0.25, 0.3) is 0 Å². The van der Waals surface area contributed by atoms with E-state index in [-0.39, 0.29) is 18.9 Å². The monoisotopic (exact) mass is 585 g/mol. The summed E-state index contributed by atoms with van der Waals surface area (Å²) in [5.74, 6) is 1.64. The molecule has 4 unspecified atom stereocenters. The van der Waals surface area contributed by atoms with Gasteiger partial charge < -0.3 is 33.2 Å². The molecule has 0 amide bonds. The molecular weight excluding hydrogens is 554 g/mol. The van der Waals surface area contributed by atoms with Gasteiger partial charge in [0.15, 0.2) is 24.8 Å². The fourth-order valence-electron chi connectivity index (χ4n) is 5.09. The number of rotatable bonds is 10. The van der Waals surface area contributed by atoms with E-state index >= 15 is 0 Å². The van der Waals surface area contributed by atoms with Crippen molar-refractivity contribution in [3.05, 3.63) is 130 Å². The maximum Gasteiger partial charge on any atom is 0.269 e. The first-order chi connectivity index (χ1) is 21.1. The van der Waals surface area contributed by atoms with Gasteiger partial charge in [-0.15, -0.1) is 0 Å². The molecule has 0 spiro atoms. The van der Waals surface area contributed by atoms with Crippen molar-refractivity contribution in [3.63, 3.8) is 0 Å². The standard InChI is InChI=1S/C33H31NO9/c1-37-25-16-18-27(19-17-25)40-30-29-28(21-39-32(43-29)23-10-6-3-7-11-23)42-33(38-20-22-8-4-2-5-9-22)31(30)41-26-14-12-24(13-15-26)34(35)36/h2-19,28-33H,20-21H2,1H3/t28?,29-,30?,31?,32?,33+/m1/s1. The highest BCUT2D eigenvalue weighted by Crippen LogP contribution is 2.38. The minimum absolute atomic E-state index is 0.0475. The quantitative estimate of drug-likeness (QED) is 0.167. The van der Waals surface area contributed by atoms with E-state index in [1.807, 2.05) is 60.7 Å². The molecule has 222 valence electrons. The van der Waals surface area contributed by atoms with Crippen LogP contribution in [0.4, 0.5) is 5.69 Å². The summed E-state index contributed by atoms with van der Waals surface area (Å²) in [7, 11) is 1.60. The first kappa shape index (κ1) is 28.6. The Hall–Kier alpha value is -4.48. The lowest BCUT2D eigenvalue weighted by Crippen LogP contribution is -2.65. The van der Waals surface area contributed by atoms with Gasteiger partial charge in [-0.3, -0.25) is 10.1 Å². The van der Waals surface area contributed by atoms with Crippen LogP contribution in [0.1, 0.15) is 17.4 Å². The van der Waals surface area contributed by atoms with E-state index in [9.17, 15) is 10.1 Å². The van der Waals surface area contributed by atoms with E-state index in [1.165, 1.54) is 12.1 Å². The van der Waals surface area contributed by atoms with Crippen molar-refractivity contribution in [2.24, 2.45) is 0 Å². The van der Waals surface area contributed by atoms with Crippen LogP contribution in [0.5, 0.6) is 17.2 Å². The van der Waals surface area contributed by atoms with Crippen LogP contribution in [-0.4, -0.2) is 49.3 Å². The van der Waals surface area contributed by atoms with Crippen LogP contribution in [0, 0.1) is 10.1 Å². The number of ether oxygens (including phenoxy) is 7. The van der Waals surface area contributed by atoms with Crippen molar-refractivity contribution in [1.29, 1.82) is 0 Å². The van der Waals surface area contributed by atoms with Crippen molar-refractivity contribution in [2.45, 2.75) is 43.6 Å². The van der Waals surface area contributed by atoms with Gasteiger partial charge in [-0.1, -0.05) is 60.7 Å². The summed E-state index contributed by atoms with van der Waals surface area (Å²) >= 11 is 0. The molecule has 0 bridgehead atoms. The summed E-state index contributed by atoms with van der Waals surface area (Å²) in [5, 5.41) is 11.2. The molecule has 0 radical (unpaired) electrons. The Morgan fingerprint density at radius 1 is 0.767 bits per heavy atom. The number of nitrogens with zero attached hydrogens (tertiary/aromatic N) is 1. The van der Waals surface area contributed by atoms with Gasteiger partial charge >= 0.3 is 0 Å². The molecule has 43 heavy (non-hydrogen) atoms. The Balaban J connectivity index is 1.34. The van der Waals surface area contributed by atoms with Gasteiger partial charge in [0.05, 0.1) is 25.2 Å². The van der Waals surface area contributed by atoms with Crippen molar-refractivity contribution in [1.82, 2.24) is 0 Å². The van der Waals surface area contributed by atoms with Crippen LogP contribution in [0.15, 0.2) is 109 Å². The highest BCUT2D eigenvalue weighted by molar-refractivity contribution is 5.36. The molecule has 2 aliphatic heterocycles. The summed E-state index contributed by atoms with van der Waals surface area (Å²) in [4.78, 5) is 10.8. The Kier molecular flexibility index (Phi) is 8.80. The Bertz CT molecular complexity index is 1470. The first-order valence-corrected chi connectivity index (χ1v) is 13.9. The van der Waals surface area contributed by atoms with Gasteiger partial charge in [0.2, 0.25) is 0 Å². The predicted molar refractivity (Wildman–Crippen MR) is 155 cm³/mol. The number of fused-ring (bicyclic) bond motifs is 1. The lowest BCUT2D eigenvalue weighted by atomic mass is 9.97. The second kappa shape index (κ2) is 13.2. The van der Waals surface area contributed by atoms with Crippen LogP contribution in [0.3, 0.4) is 0 Å². The second-order valence-electron chi connectivity index (χ2n) is 10.1. The summed E-state index contributed by atoms with van der Waals surface area (Å²) in [6.45, 7) is 0.495. The maximum atomic E-state index is 11.2. The molecule has 0 N–H and O–H groups in total. The fraction of sp³-hybridized carbons (Fsp3) is 0.273. The molecule has 0 saturated carbocycles. The smallest absolute Gasteiger partial charge is 0.269 e. The third-order valence-corrected chi connectivity index (χ3v) is 7.26. The molecule has 2 saturated heterocycles. The second-order valence-corrected chi connectivity index (χ2v) is 10.1. The molecule has 0 aliphatic carbocycles. The van der Waals surface area contributed by atoms with Crippen molar-refractivity contribution in [3.8, 4) is 17.2 Å². The van der Waals surface area contributed by atoms with E-state index in [0.717, 1.165) is 11.1 Å². The van der Waals surface area contributed by atoms with Crippen molar-refractivity contribution < 1.29 is 38.1 Å². The number of methoxy groups -OCH3 is 1. The van der Waals surface area contributed by atoms with E-state index in [4.69, 9.17) is 33.2 Å². The van der Waals surface area contributed by atoms with Gasteiger partial charge in [0.25, 0.3) is 5.69 Å². The van der Waals surface area contributed by atoms with Crippen LogP contribution in [-0.2, 0) is 25.6 Å². The fourth-order valence-corrected chi connectivity index (χ4v) is 5.09.